The molecule has 0 spiro atoms. The molecule has 1 aliphatic carbocycles. The van der Waals surface area contributed by atoms with Gasteiger partial charge >= 0.3 is 22.8 Å². The van der Waals surface area contributed by atoms with Gasteiger partial charge in [-0.1, -0.05) is 52.3 Å². The van der Waals surface area contributed by atoms with E-state index in [1.807, 2.05) is 13.8 Å². The number of nitrogens with zero attached hydrogens (tertiary/aromatic N) is 24. The second kappa shape index (κ2) is 28.2. The van der Waals surface area contributed by atoms with E-state index < -0.39 is 0 Å². The minimum absolute atomic E-state index is 0.159. The first-order chi connectivity index (χ1) is 43.8. The van der Waals surface area contributed by atoms with Gasteiger partial charge in [0.2, 0.25) is 0 Å². The number of halogens is 1. The van der Waals surface area contributed by atoms with Crippen molar-refractivity contribution in [2.45, 2.75) is 65.5 Å². The van der Waals surface area contributed by atoms with E-state index in [1.165, 1.54) is 89.9 Å². The fourth-order valence-corrected chi connectivity index (χ4v) is 10.2. The molecule has 87 heavy (non-hydrogen) atoms. The smallest absolute Gasteiger partial charge is 0.368 e. The largest absolute Gasteiger partial charge is 0.465 e. The standard InChI is InChI=1S/C14H14N6O2S.C13H14N6O2S.C12H12N6O2S.C11H9IN6O2S/c1-19-14(21)20(18-17-19)11-4-5-15-12(9-2-3-9)10(11)8-22-13-16-6-7-23-13;1-3-10-9(8-21-12-15-6-7-22-12)11(4-5-14-10)19-13(20)18(2)16-17-19;1-8-9(7-20-11-14-5-6-21-11)10(3-4-13-8)18-12(19)17(2)15-16-18;1-17-11(19)18(16-15-17)8-2-3-13-9(12)7(8)6-20-10-14-4-5-21-10/h4-7,9H,2-3,8H2,1H3;4-7H,3,8H2,1-2H3;3-6H,7H2,1-2H3;2-5H,6H2,1H3/i2*6T;5T;4T. The molecule has 0 bridgehead atoms. The zero-order valence-corrected chi connectivity index (χ0v) is 51.9. The molecule has 12 heterocycles. The quantitative estimate of drug-likeness (QED) is 0.0867. The molecule has 1 fully saturated rings. The third-order valence-electron chi connectivity index (χ3n) is 12.3. The summed E-state index contributed by atoms with van der Waals surface area (Å²) in [5, 5.41) is 38.3. The first kappa shape index (κ1) is 55.4. The molecule has 0 atom stereocenters. The van der Waals surface area contributed by atoms with Crippen molar-refractivity contribution in [2.24, 2.45) is 28.2 Å². The van der Waals surface area contributed by atoms with E-state index in [-0.39, 0.29) is 73.9 Å². The van der Waals surface area contributed by atoms with Crippen LogP contribution in [0.4, 0.5) is 0 Å². The first-order valence-corrected chi connectivity index (χ1v) is 30.1. The molecule has 0 aliphatic heterocycles. The van der Waals surface area contributed by atoms with Gasteiger partial charge in [-0.2, -0.15) is 37.5 Å². The van der Waals surface area contributed by atoms with Crippen molar-refractivity contribution >= 4 is 67.9 Å². The van der Waals surface area contributed by atoms with Crippen molar-refractivity contribution in [3.05, 3.63) is 180 Å². The Morgan fingerprint density at radius 1 is 0.471 bits per heavy atom. The molecule has 12 aromatic heterocycles. The zero-order chi connectivity index (χ0) is 64.5. The number of pyridine rings is 4. The van der Waals surface area contributed by atoms with E-state index in [4.69, 9.17) is 24.4 Å². The summed E-state index contributed by atoms with van der Waals surface area (Å²) < 4.78 is 62.4. The minimum atomic E-state index is -0.356. The van der Waals surface area contributed by atoms with Crippen molar-refractivity contribution in [1.29, 1.82) is 0 Å². The third-order valence-corrected chi connectivity index (χ3v) is 15.8. The summed E-state index contributed by atoms with van der Waals surface area (Å²) in [6, 6.07) is 6.79. The van der Waals surface area contributed by atoms with Gasteiger partial charge in [-0.25, -0.2) is 44.1 Å². The topological polar surface area (TPSA) is 351 Å². The van der Waals surface area contributed by atoms with Gasteiger partial charge in [0.05, 0.1) is 33.9 Å². The van der Waals surface area contributed by atoms with Gasteiger partial charge < -0.3 is 18.9 Å². The van der Waals surface area contributed by atoms with Crippen LogP contribution in [0.5, 0.6) is 20.8 Å². The van der Waals surface area contributed by atoms with Crippen LogP contribution in [-0.2, 0) is 61.0 Å². The molecule has 448 valence electrons. The summed E-state index contributed by atoms with van der Waals surface area (Å²) in [4.78, 5) is 81.3. The highest BCUT2D eigenvalue weighted by atomic mass is 127. The Labute approximate surface area is 525 Å². The van der Waals surface area contributed by atoms with Crippen LogP contribution in [0.2, 0.25) is 0 Å². The van der Waals surface area contributed by atoms with Gasteiger partial charge in [-0.3, -0.25) is 15.0 Å². The van der Waals surface area contributed by atoms with E-state index in [9.17, 15) is 19.2 Å². The highest BCUT2D eigenvalue weighted by Crippen LogP contribution is 2.42. The molecular weight excluding hydrogens is 1320 g/mol. The summed E-state index contributed by atoms with van der Waals surface area (Å²) >= 11 is 7.06. The summed E-state index contributed by atoms with van der Waals surface area (Å²) in [6.07, 6.45) is 9.99. The average Bonchev–Trinajstić information content (AvgIpc) is 2.09. The minimum Gasteiger partial charge on any atom is -0.465 e. The SMILES string of the molecule is [3H]c1csc(OCc2c(-n3nnn(C)c3=O)ccnc2C)n1.[3H]c1csc(OCc2c(-n3nnn(C)c3=O)ccnc2C2CC2)n1.[3H]c1csc(OCc2c(-n3nnn(C)c3=O)ccnc2CC)n1.[3H]c1csc(OCc2c(-n3nnn(C)c3=O)ccnc2I)n1. The molecule has 13 rings (SSSR count). The maximum Gasteiger partial charge on any atom is 0.368 e. The van der Waals surface area contributed by atoms with Crippen LogP contribution >= 0.6 is 67.9 Å². The number of hydrogen-bond donors (Lipinski definition) is 0. The summed E-state index contributed by atoms with van der Waals surface area (Å²) in [5.74, 6) is 0.388. The molecule has 0 N–H and O–H groups in total. The average molecular weight is 1380 g/mol. The number of ether oxygens (including phenoxy) is 4. The Balaban J connectivity index is 0.000000133. The van der Waals surface area contributed by atoms with Crippen LogP contribution in [0.3, 0.4) is 0 Å². The van der Waals surface area contributed by atoms with Gasteiger partial charge in [0.15, 0.2) is 0 Å². The maximum absolute atomic E-state index is 12.2. The van der Waals surface area contributed by atoms with Crippen LogP contribution in [0.1, 0.15) is 70.5 Å². The van der Waals surface area contributed by atoms with E-state index in [0.29, 0.717) is 70.7 Å². The summed E-state index contributed by atoms with van der Waals surface area (Å²) in [7, 11) is 6.15. The van der Waals surface area contributed by atoms with E-state index >= 15 is 0 Å². The zero-order valence-electron chi connectivity index (χ0n) is 50.5. The van der Waals surface area contributed by atoms with Crippen molar-refractivity contribution in [3.63, 3.8) is 0 Å². The molecule has 32 nitrogen and oxygen atoms in total. The number of rotatable bonds is 18. The van der Waals surface area contributed by atoms with Crippen molar-refractivity contribution in [2.75, 3.05) is 0 Å². The molecule has 12 aromatic rings. The van der Waals surface area contributed by atoms with Crippen molar-refractivity contribution in [1.82, 2.24) is 119 Å². The second-order valence-electron chi connectivity index (χ2n) is 17.9. The lowest BCUT2D eigenvalue weighted by molar-refractivity contribution is 0.302. The van der Waals surface area contributed by atoms with E-state index in [1.54, 1.807) is 77.6 Å². The highest BCUT2D eigenvalue weighted by molar-refractivity contribution is 14.1. The number of aromatic nitrogens is 24. The molecule has 0 radical (unpaired) electrons. The predicted octanol–water partition coefficient (Wildman–Crippen LogP) is 3.94. The van der Waals surface area contributed by atoms with Crippen molar-refractivity contribution < 1.29 is 24.4 Å². The van der Waals surface area contributed by atoms with Gasteiger partial charge in [0.25, 0.3) is 20.8 Å². The van der Waals surface area contributed by atoms with Gasteiger partial charge in [-0.05, 0) is 115 Å². The molecule has 37 heteroatoms. The lowest BCUT2D eigenvalue weighted by Gasteiger charge is -2.12. The molecule has 1 aliphatic rings. The van der Waals surface area contributed by atoms with Crippen LogP contribution < -0.4 is 41.7 Å². The molecule has 0 unspecified atom stereocenters. The predicted molar refractivity (Wildman–Crippen MR) is 322 cm³/mol. The number of aryl methyl sites for hydroxylation is 6. The van der Waals surface area contributed by atoms with E-state index in [0.717, 1.165) is 55.1 Å². The molecule has 0 aromatic carbocycles. The maximum atomic E-state index is 12.2. The summed E-state index contributed by atoms with van der Waals surface area (Å²) in [6.45, 7) is 4.53. The fourth-order valence-electron chi connectivity index (χ4n) is 7.88. The number of thiazole rings is 4. The Hall–Kier alpha value is -9.47. The lowest BCUT2D eigenvalue weighted by Crippen LogP contribution is -2.23. The monoisotopic (exact) mass is 1380 g/mol. The van der Waals surface area contributed by atoms with Crippen LogP contribution in [-0.4, -0.2) is 119 Å². The summed E-state index contributed by atoms with van der Waals surface area (Å²) in [5.41, 5.74) is 6.37. The van der Waals surface area contributed by atoms with Gasteiger partial charge in [0.1, 0.15) is 30.1 Å². The Bertz CT molecular complexity index is 4610. The Kier molecular flexibility index (Phi) is 17.9. The van der Waals surface area contributed by atoms with Gasteiger partial charge in [0, 0.05) is 139 Å². The molecule has 1 saturated carbocycles. The lowest BCUT2D eigenvalue weighted by atomic mass is 10.1. The highest BCUT2D eigenvalue weighted by Gasteiger charge is 2.30. The normalized spacial score (nSPS) is 12.3. The third kappa shape index (κ3) is 14.4. The van der Waals surface area contributed by atoms with Crippen molar-refractivity contribution in [3.8, 4) is 43.5 Å². The Morgan fingerprint density at radius 2 is 0.816 bits per heavy atom. The number of tetrazole rings is 4. The number of hydrogen-bond acceptors (Lipinski definition) is 28. The molecule has 0 amide bonds. The molecule has 0 saturated heterocycles. The second-order valence-corrected chi connectivity index (χ2v) is 22.2. The van der Waals surface area contributed by atoms with E-state index in [2.05, 4.69) is 104 Å². The van der Waals surface area contributed by atoms with Crippen LogP contribution in [0.15, 0.2) is 114 Å². The first-order valence-electron chi connectivity index (χ1n) is 27.5. The van der Waals surface area contributed by atoms with Crippen LogP contribution in [0.25, 0.3) is 22.7 Å². The van der Waals surface area contributed by atoms with Gasteiger partial charge in [-0.15, -0.1) is 0 Å². The fraction of sp³-hybridized carbons (Fsp3) is 0.280. The van der Waals surface area contributed by atoms with Crippen LogP contribution in [0, 0.1) is 10.6 Å². The Morgan fingerprint density at radius 3 is 1.20 bits per heavy atom. The molecular formula is C50H49IN24O8S4.